The van der Waals surface area contributed by atoms with Crippen molar-refractivity contribution in [2.75, 3.05) is 7.05 Å². The molecular weight excluding hydrogens is 235 g/mol. The van der Waals surface area contributed by atoms with Crippen molar-refractivity contribution in [3.05, 3.63) is 54.0 Å². The second kappa shape index (κ2) is 5.80. The molecule has 1 heterocycles. The van der Waals surface area contributed by atoms with Gasteiger partial charge >= 0.3 is 0 Å². The lowest BCUT2D eigenvalue weighted by atomic mass is 10.3. The molecule has 0 aliphatic heterocycles. The molecule has 4 heteroatoms. The van der Waals surface area contributed by atoms with Crippen LogP contribution in [-0.4, -0.2) is 12.0 Å². The van der Waals surface area contributed by atoms with Crippen molar-refractivity contribution in [3.63, 3.8) is 0 Å². The molecule has 0 aliphatic carbocycles. The Labute approximate surface area is 104 Å². The lowest BCUT2D eigenvalue weighted by molar-refractivity contribution is 0.602. The van der Waals surface area contributed by atoms with Gasteiger partial charge in [-0.2, -0.15) is 0 Å². The van der Waals surface area contributed by atoms with E-state index in [1.165, 1.54) is 17.8 Å². The summed E-state index contributed by atoms with van der Waals surface area (Å²) in [5.74, 6) is -0.210. The molecular formula is C13H13FN2S. The molecule has 0 spiro atoms. The monoisotopic (exact) mass is 248 g/mol. The van der Waals surface area contributed by atoms with Gasteiger partial charge in [0.05, 0.1) is 0 Å². The van der Waals surface area contributed by atoms with Crippen LogP contribution < -0.4 is 5.32 Å². The summed E-state index contributed by atoms with van der Waals surface area (Å²) in [4.78, 5) is 4.89. The molecule has 2 nitrogen and oxygen atoms in total. The van der Waals surface area contributed by atoms with Gasteiger partial charge in [0.25, 0.3) is 0 Å². The highest BCUT2D eigenvalue weighted by Gasteiger charge is 2.07. The fourth-order valence-corrected chi connectivity index (χ4v) is 2.38. The molecule has 2 aromatic rings. The third-order valence-electron chi connectivity index (χ3n) is 2.26. The van der Waals surface area contributed by atoms with Gasteiger partial charge in [0.2, 0.25) is 0 Å². The van der Waals surface area contributed by atoms with Crippen LogP contribution >= 0.6 is 11.8 Å². The van der Waals surface area contributed by atoms with E-state index in [4.69, 9.17) is 0 Å². The van der Waals surface area contributed by atoms with Gasteiger partial charge < -0.3 is 5.32 Å². The van der Waals surface area contributed by atoms with E-state index in [0.29, 0.717) is 4.90 Å². The Kier molecular flexibility index (Phi) is 4.12. The number of hydrogen-bond acceptors (Lipinski definition) is 3. The Morgan fingerprint density at radius 1 is 1.24 bits per heavy atom. The van der Waals surface area contributed by atoms with Crippen LogP contribution in [0.25, 0.3) is 0 Å². The number of aromatic nitrogens is 1. The van der Waals surface area contributed by atoms with Crippen molar-refractivity contribution in [1.82, 2.24) is 10.3 Å². The predicted octanol–water partition coefficient (Wildman–Crippen LogP) is 3.09. The summed E-state index contributed by atoms with van der Waals surface area (Å²) in [5, 5.41) is 3.92. The smallest absolute Gasteiger partial charge is 0.137 e. The van der Waals surface area contributed by atoms with E-state index in [-0.39, 0.29) is 5.82 Å². The minimum Gasteiger partial charge on any atom is -0.316 e. The van der Waals surface area contributed by atoms with Crippen LogP contribution in [-0.2, 0) is 6.54 Å². The zero-order chi connectivity index (χ0) is 12.1. The molecule has 0 atom stereocenters. The number of rotatable bonds is 4. The predicted molar refractivity (Wildman–Crippen MR) is 67.5 cm³/mol. The summed E-state index contributed by atoms with van der Waals surface area (Å²) in [6.45, 7) is 0.727. The number of hydrogen-bond donors (Lipinski definition) is 1. The maximum atomic E-state index is 13.5. The molecule has 0 saturated carbocycles. The second-order valence-electron chi connectivity index (χ2n) is 3.53. The van der Waals surface area contributed by atoms with Gasteiger partial charge in [0.1, 0.15) is 10.8 Å². The Bertz CT molecular complexity index is 502. The topological polar surface area (TPSA) is 24.9 Å². The van der Waals surface area contributed by atoms with Crippen molar-refractivity contribution < 1.29 is 4.39 Å². The Balaban J connectivity index is 2.27. The van der Waals surface area contributed by atoms with Crippen molar-refractivity contribution >= 4 is 11.8 Å². The average Bonchev–Trinajstić information content (AvgIpc) is 2.35. The Hall–Kier alpha value is -1.39. The number of halogens is 1. The first-order valence-corrected chi connectivity index (χ1v) is 6.14. The van der Waals surface area contributed by atoms with Crippen LogP contribution in [0.3, 0.4) is 0 Å². The second-order valence-corrected chi connectivity index (χ2v) is 4.56. The van der Waals surface area contributed by atoms with Gasteiger partial charge in [-0.15, -0.1) is 0 Å². The highest BCUT2D eigenvalue weighted by molar-refractivity contribution is 7.99. The summed E-state index contributed by atoms with van der Waals surface area (Å²) >= 11 is 1.35. The third kappa shape index (κ3) is 3.05. The van der Waals surface area contributed by atoms with Gasteiger partial charge in [-0.25, -0.2) is 9.37 Å². The standard InChI is InChI=1S/C13H13FN2S/c1-15-9-10-5-4-8-16-13(10)17-12-7-3-2-6-11(12)14/h2-8,15H,9H2,1H3. The molecule has 0 radical (unpaired) electrons. The first-order chi connectivity index (χ1) is 8.31. The maximum Gasteiger partial charge on any atom is 0.137 e. The first kappa shape index (κ1) is 12.1. The van der Waals surface area contributed by atoms with Crippen LogP contribution in [0.15, 0.2) is 52.5 Å². The average molecular weight is 248 g/mol. The minimum atomic E-state index is -0.210. The van der Waals surface area contributed by atoms with E-state index in [1.54, 1.807) is 18.3 Å². The van der Waals surface area contributed by atoms with E-state index in [0.717, 1.165) is 17.1 Å². The zero-order valence-electron chi connectivity index (χ0n) is 9.48. The number of nitrogens with zero attached hydrogens (tertiary/aromatic N) is 1. The zero-order valence-corrected chi connectivity index (χ0v) is 10.3. The SMILES string of the molecule is CNCc1cccnc1Sc1ccccc1F. The van der Waals surface area contributed by atoms with Gasteiger partial charge in [-0.3, -0.25) is 0 Å². The summed E-state index contributed by atoms with van der Waals surface area (Å²) in [6, 6.07) is 10.6. The van der Waals surface area contributed by atoms with Gasteiger partial charge in [0, 0.05) is 17.6 Å². The molecule has 1 N–H and O–H groups in total. The third-order valence-corrected chi connectivity index (χ3v) is 3.37. The van der Waals surface area contributed by atoms with E-state index in [1.807, 2.05) is 25.2 Å². The van der Waals surface area contributed by atoms with Crippen LogP contribution in [0.4, 0.5) is 4.39 Å². The molecule has 17 heavy (non-hydrogen) atoms. The first-order valence-electron chi connectivity index (χ1n) is 5.32. The Morgan fingerprint density at radius 3 is 2.82 bits per heavy atom. The van der Waals surface area contributed by atoms with Gasteiger partial charge in [0.15, 0.2) is 0 Å². The number of benzene rings is 1. The summed E-state index contributed by atoms with van der Waals surface area (Å²) < 4.78 is 13.5. The van der Waals surface area contributed by atoms with Crippen LogP contribution in [0.2, 0.25) is 0 Å². The molecule has 0 saturated heterocycles. The lowest BCUT2D eigenvalue weighted by Gasteiger charge is -2.07. The highest BCUT2D eigenvalue weighted by atomic mass is 32.2. The molecule has 0 aliphatic rings. The van der Waals surface area contributed by atoms with Crippen molar-refractivity contribution in [2.45, 2.75) is 16.5 Å². The van der Waals surface area contributed by atoms with Gasteiger partial charge in [-0.1, -0.05) is 30.0 Å². The van der Waals surface area contributed by atoms with E-state index < -0.39 is 0 Å². The van der Waals surface area contributed by atoms with Crippen LogP contribution in [0.1, 0.15) is 5.56 Å². The van der Waals surface area contributed by atoms with E-state index in [2.05, 4.69) is 10.3 Å². The summed E-state index contributed by atoms with van der Waals surface area (Å²) in [7, 11) is 1.88. The van der Waals surface area contributed by atoms with E-state index in [9.17, 15) is 4.39 Å². The molecule has 1 aromatic carbocycles. The fourth-order valence-electron chi connectivity index (χ4n) is 1.47. The van der Waals surface area contributed by atoms with E-state index >= 15 is 0 Å². The van der Waals surface area contributed by atoms with Crippen molar-refractivity contribution in [1.29, 1.82) is 0 Å². The highest BCUT2D eigenvalue weighted by Crippen LogP contribution is 2.30. The molecule has 0 amide bonds. The quantitative estimate of drug-likeness (QED) is 0.900. The number of nitrogens with one attached hydrogen (secondary N) is 1. The lowest BCUT2D eigenvalue weighted by Crippen LogP contribution is -2.06. The normalized spacial score (nSPS) is 10.5. The maximum absolute atomic E-state index is 13.5. The molecule has 2 rings (SSSR count). The Morgan fingerprint density at radius 2 is 2.06 bits per heavy atom. The molecule has 88 valence electrons. The largest absolute Gasteiger partial charge is 0.316 e. The molecule has 0 fully saturated rings. The minimum absolute atomic E-state index is 0.210. The molecule has 0 unspecified atom stereocenters. The van der Waals surface area contributed by atoms with Crippen LogP contribution in [0, 0.1) is 5.82 Å². The fraction of sp³-hybridized carbons (Fsp3) is 0.154. The van der Waals surface area contributed by atoms with Crippen molar-refractivity contribution in [3.8, 4) is 0 Å². The van der Waals surface area contributed by atoms with Crippen LogP contribution in [0.5, 0.6) is 0 Å². The van der Waals surface area contributed by atoms with Crippen molar-refractivity contribution in [2.24, 2.45) is 0 Å². The molecule has 0 bridgehead atoms. The summed E-state index contributed by atoms with van der Waals surface area (Å²) in [6.07, 6.45) is 1.72. The number of pyridine rings is 1. The molecule has 1 aromatic heterocycles. The summed E-state index contributed by atoms with van der Waals surface area (Å²) in [5.41, 5.74) is 1.07. The van der Waals surface area contributed by atoms with Gasteiger partial charge in [-0.05, 0) is 30.8 Å².